The molecule has 1 heterocycles. The Morgan fingerprint density at radius 2 is 2.40 bits per heavy atom. The van der Waals surface area contributed by atoms with Crippen LogP contribution in [0.25, 0.3) is 0 Å². The SMILES string of the molecule is O=C(Cc1cccc(O)c1)C1CCOC1. The fourth-order valence-corrected chi connectivity index (χ4v) is 1.80. The lowest BCUT2D eigenvalue weighted by Crippen LogP contribution is -2.16. The van der Waals surface area contributed by atoms with Crippen LogP contribution >= 0.6 is 0 Å². The van der Waals surface area contributed by atoms with Crippen molar-refractivity contribution in [2.75, 3.05) is 13.2 Å². The maximum atomic E-state index is 11.8. The molecule has 1 fully saturated rings. The smallest absolute Gasteiger partial charge is 0.142 e. The zero-order chi connectivity index (χ0) is 10.7. The highest BCUT2D eigenvalue weighted by atomic mass is 16.5. The van der Waals surface area contributed by atoms with E-state index in [2.05, 4.69) is 0 Å². The molecule has 1 N–H and O–H groups in total. The standard InChI is InChI=1S/C12H14O3/c13-11-3-1-2-9(6-11)7-12(14)10-4-5-15-8-10/h1-3,6,10,13H,4-5,7-8H2. The summed E-state index contributed by atoms with van der Waals surface area (Å²) in [4.78, 5) is 11.8. The molecule has 0 spiro atoms. The number of hydrogen-bond donors (Lipinski definition) is 1. The van der Waals surface area contributed by atoms with Crippen molar-refractivity contribution in [2.24, 2.45) is 5.92 Å². The summed E-state index contributed by atoms with van der Waals surface area (Å²) in [5.74, 6) is 0.466. The highest BCUT2D eigenvalue weighted by Crippen LogP contribution is 2.17. The second-order valence-corrected chi connectivity index (χ2v) is 3.87. The summed E-state index contributed by atoms with van der Waals surface area (Å²) in [6.07, 6.45) is 1.22. The molecule has 1 unspecified atom stereocenters. The number of ether oxygens (including phenoxy) is 1. The second-order valence-electron chi connectivity index (χ2n) is 3.87. The molecule has 3 heteroatoms. The van der Waals surface area contributed by atoms with E-state index in [0.717, 1.165) is 12.0 Å². The molecule has 2 rings (SSSR count). The molecule has 1 saturated heterocycles. The number of hydrogen-bond acceptors (Lipinski definition) is 3. The lowest BCUT2D eigenvalue weighted by Gasteiger charge is -2.06. The Balaban J connectivity index is 1.99. The van der Waals surface area contributed by atoms with Gasteiger partial charge in [-0.3, -0.25) is 4.79 Å². The van der Waals surface area contributed by atoms with Crippen LogP contribution < -0.4 is 0 Å². The third kappa shape index (κ3) is 2.57. The van der Waals surface area contributed by atoms with Crippen LogP contribution in [-0.2, 0) is 16.0 Å². The summed E-state index contributed by atoms with van der Waals surface area (Å²) < 4.78 is 5.17. The summed E-state index contributed by atoms with van der Waals surface area (Å²) >= 11 is 0. The molecule has 1 atom stereocenters. The maximum Gasteiger partial charge on any atom is 0.142 e. The van der Waals surface area contributed by atoms with Crippen molar-refractivity contribution in [3.05, 3.63) is 29.8 Å². The third-order valence-corrected chi connectivity index (χ3v) is 2.67. The Hall–Kier alpha value is -1.35. The van der Waals surface area contributed by atoms with Gasteiger partial charge in [-0.25, -0.2) is 0 Å². The molecule has 1 aromatic carbocycles. The van der Waals surface area contributed by atoms with Gasteiger partial charge in [0.15, 0.2) is 0 Å². The van der Waals surface area contributed by atoms with Crippen LogP contribution in [0.4, 0.5) is 0 Å². The predicted molar refractivity (Wildman–Crippen MR) is 55.7 cm³/mol. The van der Waals surface area contributed by atoms with E-state index >= 15 is 0 Å². The number of ketones is 1. The van der Waals surface area contributed by atoms with Crippen molar-refractivity contribution < 1.29 is 14.6 Å². The van der Waals surface area contributed by atoms with Crippen LogP contribution in [0.5, 0.6) is 5.75 Å². The van der Waals surface area contributed by atoms with Gasteiger partial charge in [0.05, 0.1) is 6.61 Å². The van der Waals surface area contributed by atoms with Crippen molar-refractivity contribution in [2.45, 2.75) is 12.8 Å². The molecule has 15 heavy (non-hydrogen) atoms. The van der Waals surface area contributed by atoms with E-state index in [1.54, 1.807) is 18.2 Å². The van der Waals surface area contributed by atoms with Crippen molar-refractivity contribution >= 4 is 5.78 Å². The number of rotatable bonds is 3. The van der Waals surface area contributed by atoms with Gasteiger partial charge < -0.3 is 9.84 Å². The fourth-order valence-electron chi connectivity index (χ4n) is 1.80. The van der Waals surface area contributed by atoms with Gasteiger partial charge in [0.25, 0.3) is 0 Å². The largest absolute Gasteiger partial charge is 0.508 e. The Morgan fingerprint density at radius 3 is 3.07 bits per heavy atom. The van der Waals surface area contributed by atoms with E-state index in [4.69, 9.17) is 4.74 Å². The summed E-state index contributed by atoms with van der Waals surface area (Å²) in [5.41, 5.74) is 0.868. The topological polar surface area (TPSA) is 46.5 Å². The van der Waals surface area contributed by atoms with Gasteiger partial charge in [0.2, 0.25) is 0 Å². The lowest BCUT2D eigenvalue weighted by atomic mass is 9.97. The zero-order valence-electron chi connectivity index (χ0n) is 8.48. The first-order chi connectivity index (χ1) is 7.25. The van der Waals surface area contributed by atoms with Crippen LogP contribution in [0.2, 0.25) is 0 Å². The Labute approximate surface area is 88.7 Å². The van der Waals surface area contributed by atoms with Crippen molar-refractivity contribution in [3.63, 3.8) is 0 Å². The molecule has 0 aromatic heterocycles. The summed E-state index contributed by atoms with van der Waals surface area (Å²) in [5, 5.41) is 9.26. The quantitative estimate of drug-likeness (QED) is 0.816. The van der Waals surface area contributed by atoms with Crippen molar-refractivity contribution in [1.82, 2.24) is 0 Å². The molecule has 1 aliphatic heterocycles. The monoisotopic (exact) mass is 206 g/mol. The van der Waals surface area contributed by atoms with E-state index in [9.17, 15) is 9.90 Å². The molecule has 0 saturated carbocycles. The summed E-state index contributed by atoms with van der Waals surface area (Å²) in [7, 11) is 0. The Kier molecular flexibility index (Phi) is 3.02. The van der Waals surface area contributed by atoms with E-state index in [-0.39, 0.29) is 17.5 Å². The van der Waals surface area contributed by atoms with Crippen LogP contribution in [0, 0.1) is 5.92 Å². The number of benzene rings is 1. The van der Waals surface area contributed by atoms with Gasteiger partial charge in [0, 0.05) is 18.9 Å². The molecule has 0 radical (unpaired) electrons. The first kappa shape index (κ1) is 10.2. The third-order valence-electron chi connectivity index (χ3n) is 2.67. The van der Waals surface area contributed by atoms with E-state index in [1.165, 1.54) is 0 Å². The highest BCUT2D eigenvalue weighted by molar-refractivity contribution is 5.83. The Morgan fingerprint density at radius 1 is 1.53 bits per heavy atom. The molecular formula is C12H14O3. The number of aromatic hydroxyl groups is 1. The van der Waals surface area contributed by atoms with Gasteiger partial charge in [0.1, 0.15) is 11.5 Å². The lowest BCUT2D eigenvalue weighted by molar-refractivity contribution is -0.122. The maximum absolute atomic E-state index is 11.8. The molecule has 0 amide bonds. The van der Waals surface area contributed by atoms with E-state index in [0.29, 0.717) is 19.6 Å². The number of Topliss-reactive ketones (excluding diaryl/α,β-unsaturated/α-hetero) is 1. The minimum absolute atomic E-state index is 0.0485. The van der Waals surface area contributed by atoms with Crippen molar-refractivity contribution in [3.8, 4) is 5.75 Å². The first-order valence-corrected chi connectivity index (χ1v) is 5.14. The first-order valence-electron chi connectivity index (χ1n) is 5.14. The number of carbonyl (C=O) groups is 1. The van der Waals surface area contributed by atoms with Crippen LogP contribution in [-0.4, -0.2) is 24.1 Å². The van der Waals surface area contributed by atoms with Gasteiger partial charge >= 0.3 is 0 Å². The number of carbonyl (C=O) groups excluding carboxylic acids is 1. The van der Waals surface area contributed by atoms with E-state index in [1.807, 2.05) is 6.07 Å². The fraction of sp³-hybridized carbons (Fsp3) is 0.417. The van der Waals surface area contributed by atoms with Gasteiger partial charge in [-0.1, -0.05) is 12.1 Å². The average Bonchev–Trinajstić information content (AvgIpc) is 2.70. The summed E-state index contributed by atoms with van der Waals surface area (Å²) in [6.45, 7) is 1.24. The molecule has 0 aliphatic carbocycles. The molecule has 1 aliphatic rings. The van der Waals surface area contributed by atoms with E-state index < -0.39 is 0 Å². The average molecular weight is 206 g/mol. The van der Waals surface area contributed by atoms with Crippen molar-refractivity contribution in [1.29, 1.82) is 0 Å². The van der Waals surface area contributed by atoms with Crippen LogP contribution in [0.1, 0.15) is 12.0 Å². The number of phenolic OH excluding ortho intramolecular Hbond substituents is 1. The van der Waals surface area contributed by atoms with Crippen LogP contribution in [0.3, 0.4) is 0 Å². The molecule has 3 nitrogen and oxygen atoms in total. The molecule has 80 valence electrons. The predicted octanol–water partition coefficient (Wildman–Crippen LogP) is 1.54. The minimum Gasteiger partial charge on any atom is -0.508 e. The molecule has 1 aromatic rings. The second kappa shape index (κ2) is 4.45. The van der Waals surface area contributed by atoms with Gasteiger partial charge in [-0.05, 0) is 24.1 Å². The van der Waals surface area contributed by atoms with Gasteiger partial charge in [-0.15, -0.1) is 0 Å². The summed E-state index contributed by atoms with van der Waals surface area (Å²) in [6, 6.07) is 6.84. The Bertz CT molecular complexity index is 354. The molecule has 0 bridgehead atoms. The highest BCUT2D eigenvalue weighted by Gasteiger charge is 2.23. The number of phenols is 1. The zero-order valence-corrected chi connectivity index (χ0v) is 8.48. The van der Waals surface area contributed by atoms with Gasteiger partial charge in [-0.2, -0.15) is 0 Å². The minimum atomic E-state index is 0.0485. The normalized spacial score (nSPS) is 20.4. The van der Waals surface area contributed by atoms with Crippen LogP contribution in [0.15, 0.2) is 24.3 Å². The molecular weight excluding hydrogens is 192 g/mol.